The normalized spacial score (nSPS) is 16.7. The van der Waals surface area contributed by atoms with Crippen LogP contribution < -0.4 is 4.90 Å². The number of hydrogen-bond donors (Lipinski definition) is 0. The average molecular weight is 283 g/mol. The molecule has 0 aromatic carbocycles. The standard InChI is InChI=1S/C13H19BrN2/c1-10-7-12(14)13(15-8-10)16(2)9-11-5-3-4-6-11/h7-8,11H,3-6,9H2,1-2H3. The Labute approximate surface area is 106 Å². The molecule has 1 aliphatic rings. The molecule has 0 saturated heterocycles. The van der Waals surface area contributed by atoms with Gasteiger partial charge in [0.05, 0.1) is 4.47 Å². The molecule has 0 spiro atoms. The molecule has 0 N–H and O–H groups in total. The summed E-state index contributed by atoms with van der Waals surface area (Å²) < 4.78 is 1.10. The maximum Gasteiger partial charge on any atom is 0.142 e. The van der Waals surface area contributed by atoms with Crippen molar-refractivity contribution in [3.05, 3.63) is 22.3 Å². The monoisotopic (exact) mass is 282 g/mol. The van der Waals surface area contributed by atoms with Gasteiger partial charge in [-0.3, -0.25) is 0 Å². The number of rotatable bonds is 3. The Morgan fingerprint density at radius 3 is 2.75 bits per heavy atom. The number of anilines is 1. The van der Waals surface area contributed by atoms with Crippen LogP contribution in [0.2, 0.25) is 0 Å². The second kappa shape index (κ2) is 5.17. The Morgan fingerprint density at radius 1 is 1.44 bits per heavy atom. The first-order chi connectivity index (χ1) is 7.66. The number of aromatic nitrogens is 1. The van der Waals surface area contributed by atoms with E-state index in [1.807, 2.05) is 6.20 Å². The quantitative estimate of drug-likeness (QED) is 0.839. The zero-order valence-electron chi connectivity index (χ0n) is 10.0. The summed E-state index contributed by atoms with van der Waals surface area (Å²) in [5.74, 6) is 1.93. The van der Waals surface area contributed by atoms with Gasteiger partial charge in [0.15, 0.2) is 0 Å². The van der Waals surface area contributed by atoms with E-state index in [1.54, 1.807) is 0 Å². The number of aryl methyl sites for hydroxylation is 1. The van der Waals surface area contributed by atoms with E-state index in [4.69, 9.17) is 0 Å². The molecule has 0 aliphatic heterocycles. The SMILES string of the molecule is Cc1cnc(N(C)CC2CCCC2)c(Br)c1. The van der Waals surface area contributed by atoms with E-state index >= 15 is 0 Å². The molecule has 2 nitrogen and oxygen atoms in total. The summed E-state index contributed by atoms with van der Waals surface area (Å²) >= 11 is 3.59. The Morgan fingerprint density at radius 2 is 2.12 bits per heavy atom. The molecule has 0 bridgehead atoms. The van der Waals surface area contributed by atoms with Crippen LogP contribution in [0.4, 0.5) is 5.82 Å². The van der Waals surface area contributed by atoms with Crippen LogP contribution in [0.25, 0.3) is 0 Å². The molecular weight excluding hydrogens is 264 g/mol. The summed E-state index contributed by atoms with van der Waals surface area (Å²) in [5.41, 5.74) is 1.20. The maximum absolute atomic E-state index is 4.50. The molecule has 16 heavy (non-hydrogen) atoms. The van der Waals surface area contributed by atoms with E-state index in [9.17, 15) is 0 Å². The van der Waals surface area contributed by atoms with Gasteiger partial charge in [0.2, 0.25) is 0 Å². The first kappa shape index (κ1) is 11.9. The Balaban J connectivity index is 2.04. The highest BCUT2D eigenvalue weighted by Gasteiger charge is 2.18. The van der Waals surface area contributed by atoms with E-state index in [1.165, 1.54) is 31.2 Å². The lowest BCUT2D eigenvalue weighted by atomic mass is 10.1. The Kier molecular flexibility index (Phi) is 3.85. The average Bonchev–Trinajstić information content (AvgIpc) is 2.70. The van der Waals surface area contributed by atoms with Gasteiger partial charge in [0.1, 0.15) is 5.82 Å². The first-order valence-corrected chi connectivity index (χ1v) is 6.79. The summed E-state index contributed by atoms with van der Waals surface area (Å²) in [6.07, 6.45) is 7.51. The fourth-order valence-corrected chi connectivity index (χ4v) is 3.24. The molecule has 1 aromatic rings. The van der Waals surface area contributed by atoms with Gasteiger partial charge >= 0.3 is 0 Å². The van der Waals surface area contributed by atoms with Gasteiger partial charge in [-0.2, -0.15) is 0 Å². The van der Waals surface area contributed by atoms with Crippen molar-refractivity contribution >= 4 is 21.7 Å². The molecular formula is C13H19BrN2. The topological polar surface area (TPSA) is 16.1 Å². The maximum atomic E-state index is 4.50. The van der Waals surface area contributed by atoms with Crippen molar-refractivity contribution in [1.82, 2.24) is 4.98 Å². The molecule has 1 aliphatic carbocycles. The van der Waals surface area contributed by atoms with Crippen molar-refractivity contribution in [2.45, 2.75) is 32.6 Å². The highest BCUT2D eigenvalue weighted by Crippen LogP contribution is 2.29. The number of halogens is 1. The summed E-state index contributed by atoms with van der Waals surface area (Å²) in [6, 6.07) is 2.13. The largest absolute Gasteiger partial charge is 0.358 e. The molecule has 2 rings (SSSR count). The number of pyridine rings is 1. The van der Waals surface area contributed by atoms with Crippen LogP contribution >= 0.6 is 15.9 Å². The first-order valence-electron chi connectivity index (χ1n) is 6.00. The van der Waals surface area contributed by atoms with Crippen LogP contribution in [-0.2, 0) is 0 Å². The lowest BCUT2D eigenvalue weighted by molar-refractivity contribution is 0.544. The molecule has 0 atom stereocenters. The predicted octanol–water partition coefficient (Wildman–Crippen LogP) is 3.78. The Bertz CT molecular complexity index is 359. The zero-order valence-corrected chi connectivity index (χ0v) is 11.6. The van der Waals surface area contributed by atoms with E-state index in [-0.39, 0.29) is 0 Å². The molecule has 1 aromatic heterocycles. The summed E-state index contributed by atoms with van der Waals surface area (Å²) in [7, 11) is 2.14. The summed E-state index contributed by atoms with van der Waals surface area (Å²) in [6.45, 7) is 3.20. The van der Waals surface area contributed by atoms with Gasteiger partial charge in [-0.05, 0) is 53.2 Å². The van der Waals surface area contributed by atoms with E-state index in [0.717, 1.165) is 22.8 Å². The highest BCUT2D eigenvalue weighted by atomic mass is 79.9. The highest BCUT2D eigenvalue weighted by molar-refractivity contribution is 9.10. The van der Waals surface area contributed by atoms with Gasteiger partial charge in [0, 0.05) is 19.8 Å². The minimum Gasteiger partial charge on any atom is -0.358 e. The third-order valence-corrected chi connectivity index (χ3v) is 3.91. The van der Waals surface area contributed by atoms with Crippen molar-refractivity contribution in [3.63, 3.8) is 0 Å². The van der Waals surface area contributed by atoms with Gasteiger partial charge < -0.3 is 4.90 Å². The summed E-state index contributed by atoms with van der Waals surface area (Å²) in [5, 5.41) is 0. The van der Waals surface area contributed by atoms with E-state index < -0.39 is 0 Å². The van der Waals surface area contributed by atoms with Gasteiger partial charge in [0.25, 0.3) is 0 Å². The molecule has 1 fully saturated rings. The van der Waals surface area contributed by atoms with Crippen molar-refractivity contribution in [3.8, 4) is 0 Å². The van der Waals surface area contributed by atoms with Crippen LogP contribution in [0.3, 0.4) is 0 Å². The second-order valence-corrected chi connectivity index (χ2v) is 5.70. The number of nitrogens with zero attached hydrogens (tertiary/aromatic N) is 2. The van der Waals surface area contributed by atoms with Crippen molar-refractivity contribution in [1.29, 1.82) is 0 Å². The van der Waals surface area contributed by atoms with Crippen LogP contribution in [-0.4, -0.2) is 18.6 Å². The number of hydrogen-bond acceptors (Lipinski definition) is 2. The lowest BCUT2D eigenvalue weighted by Gasteiger charge is -2.23. The van der Waals surface area contributed by atoms with Crippen LogP contribution in [0, 0.1) is 12.8 Å². The molecule has 88 valence electrons. The zero-order chi connectivity index (χ0) is 11.5. The molecule has 3 heteroatoms. The third kappa shape index (κ3) is 2.76. The fourth-order valence-electron chi connectivity index (χ4n) is 2.47. The van der Waals surface area contributed by atoms with Gasteiger partial charge in [-0.15, -0.1) is 0 Å². The second-order valence-electron chi connectivity index (χ2n) is 4.85. The smallest absolute Gasteiger partial charge is 0.142 e. The fraction of sp³-hybridized carbons (Fsp3) is 0.615. The van der Waals surface area contributed by atoms with Gasteiger partial charge in [-0.1, -0.05) is 12.8 Å². The van der Waals surface area contributed by atoms with Gasteiger partial charge in [-0.25, -0.2) is 4.98 Å². The van der Waals surface area contributed by atoms with Crippen LogP contribution in [0.15, 0.2) is 16.7 Å². The minimum absolute atomic E-state index is 0.861. The minimum atomic E-state index is 0.861. The van der Waals surface area contributed by atoms with E-state index in [2.05, 4.69) is 45.9 Å². The van der Waals surface area contributed by atoms with Crippen molar-refractivity contribution in [2.75, 3.05) is 18.5 Å². The summed E-state index contributed by atoms with van der Waals surface area (Å²) in [4.78, 5) is 6.78. The third-order valence-electron chi connectivity index (χ3n) is 3.33. The van der Waals surface area contributed by atoms with Crippen LogP contribution in [0.5, 0.6) is 0 Å². The van der Waals surface area contributed by atoms with Crippen molar-refractivity contribution in [2.24, 2.45) is 5.92 Å². The van der Waals surface area contributed by atoms with E-state index in [0.29, 0.717) is 0 Å². The molecule has 1 heterocycles. The molecule has 1 saturated carbocycles. The lowest BCUT2D eigenvalue weighted by Crippen LogP contribution is -2.25. The molecule has 0 unspecified atom stereocenters. The molecule has 0 radical (unpaired) electrons. The van der Waals surface area contributed by atoms with Crippen LogP contribution in [0.1, 0.15) is 31.2 Å². The van der Waals surface area contributed by atoms with Crippen molar-refractivity contribution < 1.29 is 0 Å². The molecule has 0 amide bonds. The predicted molar refractivity (Wildman–Crippen MR) is 71.9 cm³/mol. The Hall–Kier alpha value is -0.570.